The molecule has 2 heterocycles. The summed E-state index contributed by atoms with van der Waals surface area (Å²) in [7, 11) is 1.65. The van der Waals surface area contributed by atoms with E-state index >= 15 is 0 Å². The van der Waals surface area contributed by atoms with E-state index in [1.54, 1.807) is 13.3 Å². The van der Waals surface area contributed by atoms with Gasteiger partial charge in [-0.3, -0.25) is 5.10 Å². The fraction of sp³-hybridized carbons (Fsp3) is 0.0952. The van der Waals surface area contributed by atoms with Crippen LogP contribution in [0, 0.1) is 0 Å². The topological polar surface area (TPSA) is 75.7 Å². The van der Waals surface area contributed by atoms with Crippen LogP contribution in [0.4, 0.5) is 5.95 Å². The molecule has 4 rings (SSSR count). The van der Waals surface area contributed by atoms with Crippen LogP contribution in [-0.4, -0.2) is 27.3 Å². The molecule has 0 amide bonds. The van der Waals surface area contributed by atoms with Gasteiger partial charge in [-0.1, -0.05) is 42.5 Å². The van der Waals surface area contributed by atoms with Crippen molar-refractivity contribution in [1.29, 1.82) is 0 Å². The van der Waals surface area contributed by atoms with Gasteiger partial charge in [0.05, 0.1) is 30.7 Å². The highest BCUT2D eigenvalue weighted by Crippen LogP contribution is 2.28. The fourth-order valence-electron chi connectivity index (χ4n) is 2.84. The summed E-state index contributed by atoms with van der Waals surface area (Å²) in [6, 6.07) is 21.8. The molecule has 2 N–H and O–H groups in total. The number of nitrogens with one attached hydrogen (secondary N) is 2. The van der Waals surface area contributed by atoms with Gasteiger partial charge in [0.15, 0.2) is 0 Å². The number of rotatable bonds is 6. The van der Waals surface area contributed by atoms with Crippen LogP contribution < -0.4 is 10.1 Å². The second-order valence-corrected chi connectivity index (χ2v) is 5.96. The Morgan fingerprint density at radius 3 is 2.67 bits per heavy atom. The van der Waals surface area contributed by atoms with Crippen molar-refractivity contribution in [2.24, 2.45) is 0 Å². The molecule has 27 heavy (non-hydrogen) atoms. The molecule has 0 unspecified atom stereocenters. The SMILES string of the molecule is COc1ccccc1-c1ccnc(NCc2cc(-c3ccccc3)[nH]n2)n1. The minimum absolute atomic E-state index is 0.526. The van der Waals surface area contributed by atoms with Gasteiger partial charge in [0, 0.05) is 11.8 Å². The largest absolute Gasteiger partial charge is 0.496 e. The molecule has 0 atom stereocenters. The van der Waals surface area contributed by atoms with Crippen molar-refractivity contribution in [1.82, 2.24) is 20.2 Å². The zero-order valence-corrected chi connectivity index (χ0v) is 14.9. The first-order valence-corrected chi connectivity index (χ1v) is 8.63. The van der Waals surface area contributed by atoms with Crippen LogP contribution in [0.15, 0.2) is 72.9 Å². The lowest BCUT2D eigenvalue weighted by molar-refractivity contribution is 0.416. The zero-order valence-electron chi connectivity index (χ0n) is 14.9. The molecule has 6 nitrogen and oxygen atoms in total. The molecule has 134 valence electrons. The summed E-state index contributed by atoms with van der Waals surface area (Å²) in [6.07, 6.45) is 1.73. The molecular formula is C21H19N5O. The highest BCUT2D eigenvalue weighted by atomic mass is 16.5. The summed E-state index contributed by atoms with van der Waals surface area (Å²) >= 11 is 0. The molecule has 0 radical (unpaired) electrons. The van der Waals surface area contributed by atoms with Gasteiger partial charge in [0.2, 0.25) is 5.95 Å². The van der Waals surface area contributed by atoms with Crippen molar-refractivity contribution < 1.29 is 4.74 Å². The number of hydrogen-bond acceptors (Lipinski definition) is 5. The summed E-state index contributed by atoms with van der Waals surface area (Å²) in [4.78, 5) is 8.89. The third-order valence-corrected chi connectivity index (χ3v) is 4.18. The molecular weight excluding hydrogens is 338 g/mol. The number of methoxy groups -OCH3 is 1. The summed E-state index contributed by atoms with van der Waals surface area (Å²) in [5.41, 5.74) is 4.70. The molecule has 0 saturated heterocycles. The second kappa shape index (κ2) is 7.70. The third-order valence-electron chi connectivity index (χ3n) is 4.18. The number of aromatic nitrogens is 4. The third kappa shape index (κ3) is 3.79. The van der Waals surface area contributed by atoms with Gasteiger partial charge in [-0.15, -0.1) is 0 Å². The van der Waals surface area contributed by atoms with Gasteiger partial charge < -0.3 is 10.1 Å². The van der Waals surface area contributed by atoms with Gasteiger partial charge in [-0.05, 0) is 29.8 Å². The molecule has 0 fully saturated rings. The highest BCUT2D eigenvalue weighted by Gasteiger charge is 2.08. The normalized spacial score (nSPS) is 10.6. The number of H-pyrrole nitrogens is 1. The minimum Gasteiger partial charge on any atom is -0.496 e. The fourth-order valence-corrected chi connectivity index (χ4v) is 2.84. The molecule has 0 bridgehead atoms. The number of benzene rings is 2. The van der Waals surface area contributed by atoms with Crippen molar-refractivity contribution in [3.63, 3.8) is 0 Å². The molecule has 0 aliphatic carbocycles. The van der Waals surface area contributed by atoms with Crippen LogP contribution in [0.5, 0.6) is 5.75 Å². The average Bonchev–Trinajstić information content (AvgIpc) is 3.22. The van der Waals surface area contributed by atoms with Crippen molar-refractivity contribution in [3.05, 3.63) is 78.6 Å². The van der Waals surface area contributed by atoms with Crippen LogP contribution >= 0.6 is 0 Å². The van der Waals surface area contributed by atoms with E-state index in [2.05, 4.69) is 25.5 Å². The molecule has 2 aromatic carbocycles. The first-order valence-electron chi connectivity index (χ1n) is 8.63. The van der Waals surface area contributed by atoms with E-state index in [0.29, 0.717) is 12.5 Å². The summed E-state index contributed by atoms with van der Waals surface area (Å²) in [5.74, 6) is 1.32. The number of para-hydroxylation sites is 1. The van der Waals surface area contributed by atoms with Crippen molar-refractivity contribution >= 4 is 5.95 Å². The smallest absolute Gasteiger partial charge is 0.223 e. The van der Waals surface area contributed by atoms with Crippen molar-refractivity contribution in [2.45, 2.75) is 6.54 Å². The van der Waals surface area contributed by atoms with Crippen LogP contribution in [0.3, 0.4) is 0 Å². The van der Waals surface area contributed by atoms with E-state index in [1.807, 2.05) is 66.7 Å². The van der Waals surface area contributed by atoms with Gasteiger partial charge in [0.25, 0.3) is 0 Å². The van der Waals surface area contributed by atoms with Crippen LogP contribution in [0.1, 0.15) is 5.69 Å². The Kier molecular flexibility index (Phi) is 4.78. The molecule has 4 aromatic rings. The quantitative estimate of drug-likeness (QED) is 0.542. The van der Waals surface area contributed by atoms with E-state index in [9.17, 15) is 0 Å². The van der Waals surface area contributed by atoms with Gasteiger partial charge in [0.1, 0.15) is 5.75 Å². The number of nitrogens with zero attached hydrogens (tertiary/aromatic N) is 3. The second-order valence-electron chi connectivity index (χ2n) is 5.96. The lowest BCUT2D eigenvalue weighted by atomic mass is 10.1. The minimum atomic E-state index is 0.526. The monoisotopic (exact) mass is 357 g/mol. The van der Waals surface area contributed by atoms with Crippen molar-refractivity contribution in [3.8, 4) is 28.3 Å². The first kappa shape index (κ1) is 16.8. The Bertz CT molecular complexity index is 1030. The molecule has 6 heteroatoms. The van der Waals surface area contributed by atoms with E-state index in [-0.39, 0.29) is 0 Å². The Hall–Kier alpha value is -3.67. The van der Waals surface area contributed by atoms with Crippen LogP contribution in [0.2, 0.25) is 0 Å². The summed E-state index contributed by atoms with van der Waals surface area (Å²) < 4.78 is 5.42. The number of anilines is 1. The van der Waals surface area contributed by atoms with E-state index in [4.69, 9.17) is 4.74 Å². The summed E-state index contributed by atoms with van der Waals surface area (Å²) in [6.45, 7) is 0.526. The average molecular weight is 357 g/mol. The maximum atomic E-state index is 5.42. The van der Waals surface area contributed by atoms with Crippen molar-refractivity contribution in [2.75, 3.05) is 12.4 Å². The van der Waals surface area contributed by atoms with Crippen LogP contribution in [-0.2, 0) is 6.54 Å². The molecule has 2 aromatic heterocycles. The Balaban J connectivity index is 1.49. The molecule has 0 aliphatic heterocycles. The van der Waals surface area contributed by atoms with E-state index in [1.165, 1.54) is 0 Å². The lowest BCUT2D eigenvalue weighted by Crippen LogP contribution is -2.04. The van der Waals surface area contributed by atoms with Gasteiger partial charge >= 0.3 is 0 Å². The number of hydrogen-bond donors (Lipinski definition) is 2. The van der Waals surface area contributed by atoms with Gasteiger partial charge in [-0.2, -0.15) is 5.10 Å². The number of aromatic amines is 1. The maximum Gasteiger partial charge on any atom is 0.223 e. The summed E-state index contributed by atoms with van der Waals surface area (Å²) in [5, 5.41) is 10.6. The Labute approximate surface area is 157 Å². The van der Waals surface area contributed by atoms with Crippen LogP contribution in [0.25, 0.3) is 22.5 Å². The number of ether oxygens (including phenoxy) is 1. The van der Waals surface area contributed by atoms with E-state index < -0.39 is 0 Å². The first-order chi connectivity index (χ1) is 13.3. The Morgan fingerprint density at radius 1 is 1.00 bits per heavy atom. The standard InChI is InChI=1S/C21H19N5O/c1-27-20-10-6-5-9-17(20)18-11-12-22-21(24-18)23-14-16-13-19(26-25-16)15-7-3-2-4-8-15/h2-13H,14H2,1H3,(H,25,26)(H,22,23,24). The highest BCUT2D eigenvalue weighted by molar-refractivity contribution is 5.67. The molecule has 0 saturated carbocycles. The predicted octanol–water partition coefficient (Wildman–Crippen LogP) is 4.15. The maximum absolute atomic E-state index is 5.42. The Morgan fingerprint density at radius 2 is 1.81 bits per heavy atom. The van der Waals surface area contributed by atoms with Gasteiger partial charge in [-0.25, -0.2) is 9.97 Å². The zero-order chi connectivity index (χ0) is 18.5. The molecule has 0 spiro atoms. The van der Waals surface area contributed by atoms with E-state index in [0.717, 1.165) is 34.0 Å². The molecule has 0 aliphatic rings. The predicted molar refractivity (Wildman–Crippen MR) is 105 cm³/mol. The lowest BCUT2D eigenvalue weighted by Gasteiger charge is -2.09.